The van der Waals surface area contributed by atoms with Crippen molar-refractivity contribution in [1.82, 2.24) is 20.0 Å². The minimum Gasteiger partial charge on any atom is -0.478 e. The fraction of sp³-hybridized carbons (Fsp3) is 0. The van der Waals surface area contributed by atoms with Crippen molar-refractivity contribution in [2.24, 2.45) is 0 Å². The van der Waals surface area contributed by atoms with Crippen LogP contribution in [0.2, 0.25) is 10.0 Å². The molecular formula is C18H10Cl2N4O2. The quantitative estimate of drug-likeness (QED) is 0.562. The third kappa shape index (κ3) is 2.89. The highest BCUT2D eigenvalue weighted by atomic mass is 35.5. The van der Waals surface area contributed by atoms with E-state index < -0.39 is 5.97 Å². The fourth-order valence-electron chi connectivity index (χ4n) is 2.62. The molecule has 4 rings (SSSR count). The van der Waals surface area contributed by atoms with E-state index in [1.807, 2.05) is 0 Å². The van der Waals surface area contributed by atoms with Crippen LogP contribution in [0.25, 0.3) is 28.0 Å². The van der Waals surface area contributed by atoms with Crippen molar-refractivity contribution in [3.63, 3.8) is 0 Å². The van der Waals surface area contributed by atoms with E-state index in [-0.39, 0.29) is 5.56 Å². The molecule has 0 aliphatic heterocycles. The van der Waals surface area contributed by atoms with Gasteiger partial charge in [0, 0.05) is 10.9 Å². The lowest BCUT2D eigenvalue weighted by Gasteiger charge is -2.06. The minimum atomic E-state index is -1.03. The van der Waals surface area contributed by atoms with E-state index in [4.69, 9.17) is 23.2 Å². The molecule has 0 saturated heterocycles. The van der Waals surface area contributed by atoms with Gasteiger partial charge in [-0.15, -0.1) is 5.10 Å². The van der Waals surface area contributed by atoms with Gasteiger partial charge in [0.15, 0.2) is 5.82 Å². The number of carboxylic acids is 1. The molecule has 2 aromatic heterocycles. The van der Waals surface area contributed by atoms with Gasteiger partial charge in [0.05, 0.1) is 27.3 Å². The average Bonchev–Trinajstić information content (AvgIpc) is 3.13. The summed E-state index contributed by atoms with van der Waals surface area (Å²) in [6.07, 6.45) is 1.66. The number of aromatic carboxylic acids is 1. The molecule has 8 heteroatoms. The number of aromatic nitrogens is 4. The summed E-state index contributed by atoms with van der Waals surface area (Å²) in [7, 11) is 0. The van der Waals surface area contributed by atoms with Crippen molar-refractivity contribution < 1.29 is 9.90 Å². The maximum Gasteiger partial charge on any atom is 0.336 e. The Morgan fingerprint density at radius 3 is 2.62 bits per heavy atom. The molecule has 0 atom stereocenters. The maximum absolute atomic E-state index is 11.6. The number of hydrogen-bond acceptors (Lipinski definition) is 4. The number of rotatable bonds is 3. The van der Waals surface area contributed by atoms with E-state index in [0.717, 1.165) is 5.56 Å². The second kappa shape index (κ2) is 6.40. The van der Waals surface area contributed by atoms with Crippen LogP contribution in [0.5, 0.6) is 0 Å². The number of fused-ring (bicyclic) bond motifs is 1. The van der Waals surface area contributed by atoms with Crippen LogP contribution in [0.3, 0.4) is 0 Å². The first-order valence-corrected chi connectivity index (χ1v) is 8.30. The van der Waals surface area contributed by atoms with E-state index in [1.165, 1.54) is 10.7 Å². The first-order chi connectivity index (χ1) is 12.5. The van der Waals surface area contributed by atoms with Gasteiger partial charge in [0.1, 0.15) is 5.69 Å². The Bertz CT molecular complexity index is 1160. The third-order valence-electron chi connectivity index (χ3n) is 3.88. The lowest BCUT2D eigenvalue weighted by atomic mass is 10.1. The lowest BCUT2D eigenvalue weighted by Crippen LogP contribution is -2.04. The molecule has 0 amide bonds. The highest BCUT2D eigenvalue weighted by Gasteiger charge is 2.14. The Balaban J connectivity index is 1.82. The third-order valence-corrected chi connectivity index (χ3v) is 4.62. The van der Waals surface area contributed by atoms with Crippen LogP contribution in [0.4, 0.5) is 0 Å². The van der Waals surface area contributed by atoms with Crippen LogP contribution >= 0.6 is 23.2 Å². The van der Waals surface area contributed by atoms with Gasteiger partial charge >= 0.3 is 5.97 Å². The Morgan fingerprint density at radius 1 is 1.04 bits per heavy atom. The van der Waals surface area contributed by atoms with E-state index in [2.05, 4.69) is 15.3 Å². The predicted octanol–water partition coefficient (Wildman–Crippen LogP) is 4.49. The fourth-order valence-corrected chi connectivity index (χ4v) is 2.92. The van der Waals surface area contributed by atoms with Crippen molar-refractivity contribution >= 4 is 40.1 Å². The average molecular weight is 385 g/mol. The smallest absolute Gasteiger partial charge is 0.336 e. The van der Waals surface area contributed by atoms with Gasteiger partial charge in [0.25, 0.3) is 0 Å². The molecule has 0 aliphatic rings. The number of benzene rings is 2. The minimum absolute atomic E-state index is 0.150. The van der Waals surface area contributed by atoms with Crippen LogP contribution in [-0.4, -0.2) is 31.1 Å². The number of para-hydroxylation sites is 1. The van der Waals surface area contributed by atoms with E-state index >= 15 is 0 Å². The molecule has 2 heterocycles. The summed E-state index contributed by atoms with van der Waals surface area (Å²) in [5.74, 6) is -0.672. The predicted molar refractivity (Wildman–Crippen MR) is 99.1 cm³/mol. The van der Waals surface area contributed by atoms with Crippen LogP contribution in [0.15, 0.2) is 54.7 Å². The summed E-state index contributed by atoms with van der Waals surface area (Å²) in [6.45, 7) is 0. The van der Waals surface area contributed by atoms with Gasteiger partial charge in [-0.25, -0.2) is 14.5 Å². The Labute approximate surface area is 157 Å². The summed E-state index contributed by atoms with van der Waals surface area (Å²) in [4.78, 5) is 16.1. The molecule has 1 N–H and O–H groups in total. The number of nitrogens with zero attached hydrogens (tertiary/aromatic N) is 4. The van der Waals surface area contributed by atoms with Gasteiger partial charge in [-0.05, 0) is 24.3 Å². The molecule has 6 nitrogen and oxygen atoms in total. The summed E-state index contributed by atoms with van der Waals surface area (Å²) in [6, 6.07) is 13.7. The molecule has 0 radical (unpaired) electrons. The number of carbonyl (C=O) groups is 1. The first-order valence-electron chi connectivity index (χ1n) is 7.54. The van der Waals surface area contributed by atoms with Gasteiger partial charge in [-0.3, -0.25) is 0 Å². The zero-order chi connectivity index (χ0) is 18.3. The number of pyridine rings is 1. The highest BCUT2D eigenvalue weighted by molar-refractivity contribution is 6.42. The molecule has 4 aromatic rings. The van der Waals surface area contributed by atoms with Gasteiger partial charge < -0.3 is 5.11 Å². The Hall–Kier alpha value is -2.96. The van der Waals surface area contributed by atoms with Crippen molar-refractivity contribution in [2.75, 3.05) is 0 Å². The molecular weight excluding hydrogens is 375 g/mol. The molecule has 0 aliphatic carbocycles. The number of carboxylic acid groups (broad SMARTS) is 1. The molecule has 26 heavy (non-hydrogen) atoms. The zero-order valence-corrected chi connectivity index (χ0v) is 14.6. The zero-order valence-electron chi connectivity index (χ0n) is 13.1. The number of hydrogen-bond donors (Lipinski definition) is 1. The van der Waals surface area contributed by atoms with E-state index in [9.17, 15) is 9.90 Å². The Morgan fingerprint density at radius 2 is 1.85 bits per heavy atom. The highest BCUT2D eigenvalue weighted by Crippen LogP contribution is 2.28. The molecule has 0 fully saturated rings. The maximum atomic E-state index is 11.6. The molecule has 0 unspecified atom stereocenters. The topological polar surface area (TPSA) is 80.9 Å². The second-order valence-electron chi connectivity index (χ2n) is 5.53. The van der Waals surface area contributed by atoms with E-state index in [1.54, 1.807) is 48.7 Å². The summed E-state index contributed by atoms with van der Waals surface area (Å²) >= 11 is 12.0. The SMILES string of the molecule is O=C(O)c1cc(-n2cc(-c3ccc(Cl)c(Cl)c3)nn2)nc2ccccc12. The van der Waals surface area contributed by atoms with Crippen molar-refractivity contribution in [1.29, 1.82) is 0 Å². The van der Waals surface area contributed by atoms with Gasteiger partial charge in [-0.2, -0.15) is 0 Å². The van der Waals surface area contributed by atoms with Crippen molar-refractivity contribution in [2.45, 2.75) is 0 Å². The second-order valence-corrected chi connectivity index (χ2v) is 6.34. The van der Waals surface area contributed by atoms with Crippen LogP contribution < -0.4 is 0 Å². The molecule has 2 aromatic carbocycles. The van der Waals surface area contributed by atoms with Gasteiger partial charge in [0.2, 0.25) is 0 Å². The monoisotopic (exact) mass is 384 g/mol. The molecule has 128 valence electrons. The number of halogens is 2. The van der Waals surface area contributed by atoms with Crippen LogP contribution in [0, 0.1) is 0 Å². The Kier molecular flexibility index (Phi) is 4.06. The lowest BCUT2D eigenvalue weighted by molar-refractivity contribution is 0.0699. The standard InChI is InChI=1S/C18H10Cl2N4O2/c19-13-6-5-10(7-14(13)20)16-9-24(23-22-16)17-8-12(18(25)26)11-3-1-2-4-15(11)21-17/h1-9H,(H,25,26). The van der Waals surface area contributed by atoms with Crippen LogP contribution in [0.1, 0.15) is 10.4 Å². The largest absolute Gasteiger partial charge is 0.478 e. The summed E-state index contributed by atoms with van der Waals surface area (Å²) in [5.41, 5.74) is 2.02. The molecule has 0 saturated carbocycles. The van der Waals surface area contributed by atoms with Gasteiger partial charge in [-0.1, -0.05) is 52.7 Å². The van der Waals surface area contributed by atoms with Crippen molar-refractivity contribution in [3.05, 3.63) is 70.3 Å². The summed E-state index contributed by atoms with van der Waals surface area (Å²) < 4.78 is 1.43. The summed E-state index contributed by atoms with van der Waals surface area (Å²) in [5, 5.41) is 19.1. The van der Waals surface area contributed by atoms with Crippen LogP contribution in [-0.2, 0) is 0 Å². The molecule has 0 spiro atoms. The first kappa shape index (κ1) is 16.5. The van der Waals surface area contributed by atoms with E-state index in [0.29, 0.717) is 32.5 Å². The molecule has 0 bridgehead atoms. The van der Waals surface area contributed by atoms with Crippen molar-refractivity contribution in [3.8, 4) is 17.1 Å². The normalized spacial score (nSPS) is 11.0.